The van der Waals surface area contributed by atoms with Crippen LogP contribution in [-0.4, -0.2) is 35.9 Å². The second-order valence-electron chi connectivity index (χ2n) is 3.57. The summed E-state index contributed by atoms with van der Waals surface area (Å²) < 4.78 is 15.9. The number of aromatic nitrogens is 2. The Kier molecular flexibility index (Phi) is 4.08. The maximum absolute atomic E-state index is 5.59. The number of anilines is 1. The molecule has 0 amide bonds. The zero-order valence-corrected chi connectivity index (χ0v) is 9.68. The molecule has 7 heteroatoms. The van der Waals surface area contributed by atoms with Gasteiger partial charge in [-0.25, -0.2) is 10.8 Å². The van der Waals surface area contributed by atoms with Gasteiger partial charge in [-0.15, -0.1) is 0 Å². The summed E-state index contributed by atoms with van der Waals surface area (Å²) in [6.07, 6.45) is 0.0652. The van der Waals surface area contributed by atoms with Gasteiger partial charge in [-0.2, -0.15) is 4.98 Å². The quantitative estimate of drug-likeness (QED) is 0.537. The van der Waals surface area contributed by atoms with E-state index in [0.717, 1.165) is 0 Å². The summed E-state index contributed by atoms with van der Waals surface area (Å²) in [6.45, 7) is 4.04. The summed E-state index contributed by atoms with van der Waals surface area (Å²) in [5.74, 6) is 6.86. The molecule has 0 saturated carbocycles. The lowest BCUT2D eigenvalue weighted by atomic mass is 10.3. The Labute approximate surface area is 99.3 Å². The summed E-state index contributed by atoms with van der Waals surface area (Å²) in [5, 5.41) is 0. The van der Waals surface area contributed by atoms with Crippen LogP contribution >= 0.6 is 0 Å². The Morgan fingerprint density at radius 1 is 1.53 bits per heavy atom. The molecule has 1 fully saturated rings. The van der Waals surface area contributed by atoms with Crippen molar-refractivity contribution in [3.63, 3.8) is 0 Å². The molecule has 0 atom stereocenters. The van der Waals surface area contributed by atoms with Crippen molar-refractivity contribution in [3.8, 4) is 5.88 Å². The van der Waals surface area contributed by atoms with Crippen LogP contribution < -0.4 is 16.0 Å². The van der Waals surface area contributed by atoms with E-state index in [0.29, 0.717) is 43.9 Å². The van der Waals surface area contributed by atoms with Crippen LogP contribution in [0.25, 0.3) is 0 Å². The fourth-order valence-electron chi connectivity index (χ4n) is 1.32. The maximum Gasteiger partial charge on any atom is 0.219 e. The molecule has 0 aliphatic carbocycles. The minimum absolute atomic E-state index is 0.0652. The van der Waals surface area contributed by atoms with Crippen LogP contribution in [0.15, 0.2) is 6.07 Å². The largest absolute Gasteiger partial charge is 0.469 e. The first kappa shape index (κ1) is 12.0. The lowest BCUT2D eigenvalue weighted by Gasteiger charge is -2.26. The van der Waals surface area contributed by atoms with Gasteiger partial charge in [0.15, 0.2) is 5.82 Å². The molecule has 1 aliphatic heterocycles. The lowest BCUT2D eigenvalue weighted by molar-refractivity contribution is -0.0815. The Hall–Kier alpha value is -1.44. The summed E-state index contributed by atoms with van der Waals surface area (Å²) >= 11 is 0. The van der Waals surface area contributed by atoms with Gasteiger partial charge in [0.2, 0.25) is 5.88 Å². The van der Waals surface area contributed by atoms with E-state index in [1.165, 1.54) is 0 Å². The molecule has 0 radical (unpaired) electrons. The van der Waals surface area contributed by atoms with Crippen molar-refractivity contribution in [1.29, 1.82) is 0 Å². The van der Waals surface area contributed by atoms with Gasteiger partial charge in [-0.3, -0.25) is 0 Å². The van der Waals surface area contributed by atoms with Gasteiger partial charge in [-0.05, 0) is 6.92 Å². The minimum Gasteiger partial charge on any atom is -0.469 e. The van der Waals surface area contributed by atoms with Gasteiger partial charge in [0.05, 0.1) is 13.2 Å². The number of rotatable bonds is 6. The normalized spacial score (nSPS) is 15.4. The third kappa shape index (κ3) is 3.26. The predicted octanol–water partition coefficient (Wildman–Crippen LogP) is 0.0763. The third-order valence-electron chi connectivity index (χ3n) is 2.23. The van der Waals surface area contributed by atoms with E-state index in [9.17, 15) is 0 Å². The van der Waals surface area contributed by atoms with Crippen LogP contribution in [0.3, 0.4) is 0 Å². The van der Waals surface area contributed by atoms with Crippen LogP contribution in [0.1, 0.15) is 12.7 Å². The average molecular weight is 240 g/mol. The molecule has 17 heavy (non-hydrogen) atoms. The molecular weight excluding hydrogens is 224 g/mol. The van der Waals surface area contributed by atoms with E-state index in [-0.39, 0.29) is 6.10 Å². The van der Waals surface area contributed by atoms with Crippen LogP contribution in [0, 0.1) is 0 Å². The first-order valence-electron chi connectivity index (χ1n) is 5.48. The molecule has 0 unspecified atom stereocenters. The standard InChI is InChI=1S/C10H16N4O3/c1-2-15-6-9-12-8(14-11)3-10(13-9)17-7-4-16-5-7/h3,7H,2,4-6,11H2,1H3,(H,12,13,14). The fourth-order valence-corrected chi connectivity index (χ4v) is 1.32. The highest BCUT2D eigenvalue weighted by Gasteiger charge is 2.21. The fraction of sp³-hybridized carbons (Fsp3) is 0.600. The Morgan fingerprint density at radius 2 is 2.35 bits per heavy atom. The van der Waals surface area contributed by atoms with Crippen molar-refractivity contribution in [2.45, 2.75) is 19.6 Å². The van der Waals surface area contributed by atoms with E-state index in [1.807, 2.05) is 6.92 Å². The number of hydrazine groups is 1. The van der Waals surface area contributed by atoms with Crippen LogP contribution in [0.5, 0.6) is 5.88 Å². The Morgan fingerprint density at radius 3 is 2.94 bits per heavy atom. The molecule has 94 valence electrons. The highest BCUT2D eigenvalue weighted by Crippen LogP contribution is 2.17. The van der Waals surface area contributed by atoms with Gasteiger partial charge in [-0.1, -0.05) is 0 Å². The molecule has 7 nitrogen and oxygen atoms in total. The second kappa shape index (κ2) is 5.76. The molecule has 1 aliphatic rings. The maximum atomic E-state index is 5.59. The van der Waals surface area contributed by atoms with E-state index in [1.54, 1.807) is 6.07 Å². The second-order valence-corrected chi connectivity index (χ2v) is 3.57. The number of hydrogen-bond acceptors (Lipinski definition) is 7. The number of nitrogens with one attached hydrogen (secondary N) is 1. The summed E-state index contributed by atoms with van der Waals surface area (Å²) in [7, 11) is 0. The first-order chi connectivity index (χ1) is 8.31. The number of nitrogen functional groups attached to an aromatic ring is 1. The van der Waals surface area contributed by atoms with Crippen LogP contribution in [0.2, 0.25) is 0 Å². The van der Waals surface area contributed by atoms with Gasteiger partial charge >= 0.3 is 0 Å². The summed E-state index contributed by atoms with van der Waals surface area (Å²) in [6, 6.07) is 1.65. The number of hydrogen-bond donors (Lipinski definition) is 2. The predicted molar refractivity (Wildman–Crippen MR) is 60.4 cm³/mol. The molecule has 2 rings (SSSR count). The van der Waals surface area contributed by atoms with Gasteiger partial charge in [0.1, 0.15) is 18.5 Å². The number of ether oxygens (including phenoxy) is 3. The van der Waals surface area contributed by atoms with E-state index in [2.05, 4.69) is 15.4 Å². The number of nitrogens with zero attached hydrogens (tertiary/aromatic N) is 2. The highest BCUT2D eigenvalue weighted by molar-refractivity contribution is 5.37. The molecule has 1 saturated heterocycles. The molecule has 1 aromatic rings. The molecule has 0 aromatic carbocycles. The highest BCUT2D eigenvalue weighted by atomic mass is 16.6. The molecule has 2 heterocycles. The summed E-state index contributed by atoms with van der Waals surface area (Å²) in [5.41, 5.74) is 2.48. The molecule has 0 bridgehead atoms. The van der Waals surface area contributed by atoms with E-state index in [4.69, 9.17) is 20.1 Å². The molecular formula is C10H16N4O3. The average Bonchev–Trinajstić information content (AvgIpc) is 2.31. The third-order valence-corrected chi connectivity index (χ3v) is 2.23. The van der Waals surface area contributed by atoms with Crippen molar-refractivity contribution in [3.05, 3.63) is 11.9 Å². The van der Waals surface area contributed by atoms with E-state index < -0.39 is 0 Å². The van der Waals surface area contributed by atoms with Crippen LogP contribution in [-0.2, 0) is 16.1 Å². The van der Waals surface area contributed by atoms with Gasteiger partial charge in [0, 0.05) is 12.7 Å². The van der Waals surface area contributed by atoms with Crippen molar-refractivity contribution < 1.29 is 14.2 Å². The van der Waals surface area contributed by atoms with E-state index >= 15 is 0 Å². The van der Waals surface area contributed by atoms with Crippen molar-refractivity contribution in [1.82, 2.24) is 9.97 Å². The Balaban J connectivity index is 2.06. The topological polar surface area (TPSA) is 91.5 Å². The smallest absolute Gasteiger partial charge is 0.219 e. The molecule has 3 N–H and O–H groups in total. The Bertz CT molecular complexity index is 371. The first-order valence-corrected chi connectivity index (χ1v) is 5.48. The monoisotopic (exact) mass is 240 g/mol. The van der Waals surface area contributed by atoms with Gasteiger partial charge in [0.25, 0.3) is 0 Å². The molecule has 1 aromatic heterocycles. The van der Waals surface area contributed by atoms with Gasteiger partial charge < -0.3 is 19.6 Å². The SMILES string of the molecule is CCOCc1nc(NN)cc(OC2COC2)n1. The zero-order valence-electron chi connectivity index (χ0n) is 9.68. The zero-order chi connectivity index (χ0) is 12.1. The van der Waals surface area contributed by atoms with Crippen LogP contribution in [0.4, 0.5) is 5.82 Å². The lowest BCUT2D eigenvalue weighted by Crippen LogP contribution is -2.38. The number of nitrogens with two attached hydrogens (primary N) is 1. The molecule has 0 spiro atoms. The van der Waals surface area contributed by atoms with Crippen molar-refractivity contribution in [2.24, 2.45) is 5.84 Å². The van der Waals surface area contributed by atoms with Crippen molar-refractivity contribution >= 4 is 5.82 Å². The summed E-state index contributed by atoms with van der Waals surface area (Å²) in [4.78, 5) is 8.39. The van der Waals surface area contributed by atoms with Crippen molar-refractivity contribution in [2.75, 3.05) is 25.2 Å². The minimum atomic E-state index is 0.0652.